The van der Waals surface area contributed by atoms with Gasteiger partial charge in [-0.3, -0.25) is 4.79 Å². The monoisotopic (exact) mass is 312 g/mol. The number of carbonyl (C=O) groups is 1. The third-order valence-electron chi connectivity index (χ3n) is 3.75. The second kappa shape index (κ2) is 6.22. The second-order valence-corrected chi connectivity index (χ2v) is 5.49. The number of furan rings is 1. The molecule has 23 heavy (non-hydrogen) atoms. The number of primary amides is 1. The van der Waals surface area contributed by atoms with Gasteiger partial charge in [0, 0.05) is 17.5 Å². The number of hydrogen-bond acceptors (Lipinski definition) is 3. The molecule has 1 atom stereocenters. The van der Waals surface area contributed by atoms with Gasteiger partial charge in [0.25, 0.3) is 0 Å². The number of carbonyl (C=O) groups excluding carboxylic acids is 1. The second-order valence-electron chi connectivity index (χ2n) is 5.49. The maximum absolute atomic E-state index is 13.0. The summed E-state index contributed by atoms with van der Waals surface area (Å²) in [6.45, 7) is 2.27. The number of rotatable bonds is 5. The van der Waals surface area contributed by atoms with Crippen molar-refractivity contribution in [2.75, 3.05) is 0 Å². The molecule has 0 unspecified atom stereocenters. The van der Waals surface area contributed by atoms with E-state index in [1.54, 1.807) is 19.1 Å². The Kier molecular flexibility index (Phi) is 4.12. The number of amides is 1. The Morgan fingerprint density at radius 2 is 1.96 bits per heavy atom. The van der Waals surface area contributed by atoms with Gasteiger partial charge in [0.15, 0.2) is 0 Å². The Morgan fingerprint density at radius 1 is 1.22 bits per heavy atom. The van der Waals surface area contributed by atoms with Crippen LogP contribution in [0.4, 0.5) is 4.39 Å². The number of nitrogens with one attached hydrogen (secondary N) is 1. The molecular formula is C18H17FN2O2. The molecule has 0 aliphatic carbocycles. The molecule has 1 heterocycles. The van der Waals surface area contributed by atoms with Crippen molar-refractivity contribution in [1.82, 2.24) is 5.32 Å². The lowest BCUT2D eigenvalue weighted by Gasteiger charge is -2.09. The van der Waals surface area contributed by atoms with Gasteiger partial charge in [0.2, 0.25) is 5.91 Å². The summed E-state index contributed by atoms with van der Waals surface area (Å²) >= 11 is 0. The van der Waals surface area contributed by atoms with Gasteiger partial charge in [0.1, 0.15) is 17.2 Å². The number of halogens is 1. The van der Waals surface area contributed by atoms with Gasteiger partial charge in [-0.1, -0.05) is 6.07 Å². The molecular weight excluding hydrogens is 295 g/mol. The minimum Gasteiger partial charge on any atom is -0.456 e. The Bertz CT molecular complexity index is 840. The molecule has 2 aromatic carbocycles. The maximum Gasteiger partial charge on any atom is 0.234 e. The first kappa shape index (κ1) is 15.2. The lowest BCUT2D eigenvalue weighted by atomic mass is 10.1. The van der Waals surface area contributed by atoms with Crippen LogP contribution in [0.1, 0.15) is 12.5 Å². The summed E-state index contributed by atoms with van der Waals surface area (Å²) in [4.78, 5) is 11.0. The molecule has 0 saturated carbocycles. The molecule has 0 aliphatic heterocycles. The van der Waals surface area contributed by atoms with Crippen LogP contribution >= 0.6 is 0 Å². The lowest BCUT2D eigenvalue weighted by molar-refractivity contribution is -0.119. The Labute approximate surface area is 133 Å². The highest BCUT2D eigenvalue weighted by molar-refractivity contribution is 5.83. The maximum atomic E-state index is 13.0. The summed E-state index contributed by atoms with van der Waals surface area (Å²) in [5.41, 5.74) is 7.83. The molecule has 0 bridgehead atoms. The zero-order valence-corrected chi connectivity index (χ0v) is 12.7. The van der Waals surface area contributed by atoms with E-state index in [4.69, 9.17) is 10.2 Å². The van der Waals surface area contributed by atoms with E-state index in [2.05, 4.69) is 5.32 Å². The molecule has 3 N–H and O–H groups in total. The molecule has 1 aromatic heterocycles. The molecule has 5 heteroatoms. The first-order chi connectivity index (χ1) is 11.0. The average molecular weight is 312 g/mol. The number of fused-ring (bicyclic) bond motifs is 1. The van der Waals surface area contributed by atoms with Gasteiger partial charge in [-0.2, -0.15) is 0 Å². The zero-order valence-electron chi connectivity index (χ0n) is 12.7. The van der Waals surface area contributed by atoms with Crippen molar-refractivity contribution >= 4 is 16.9 Å². The van der Waals surface area contributed by atoms with Crippen LogP contribution in [0.2, 0.25) is 0 Å². The van der Waals surface area contributed by atoms with Crippen LogP contribution in [0.5, 0.6) is 0 Å². The summed E-state index contributed by atoms with van der Waals surface area (Å²) in [6.07, 6.45) is 0. The van der Waals surface area contributed by atoms with Gasteiger partial charge in [-0.15, -0.1) is 0 Å². The molecule has 0 saturated heterocycles. The fraction of sp³-hybridized carbons (Fsp3) is 0.167. The van der Waals surface area contributed by atoms with Crippen LogP contribution in [-0.2, 0) is 11.3 Å². The molecule has 0 aliphatic rings. The number of nitrogens with two attached hydrogens (primary N) is 1. The fourth-order valence-corrected chi connectivity index (χ4v) is 2.33. The predicted molar refractivity (Wildman–Crippen MR) is 87.1 cm³/mol. The molecule has 0 fully saturated rings. The number of benzene rings is 2. The first-order valence-electron chi connectivity index (χ1n) is 7.34. The molecule has 3 aromatic rings. The van der Waals surface area contributed by atoms with Gasteiger partial charge in [0.05, 0.1) is 6.04 Å². The van der Waals surface area contributed by atoms with E-state index >= 15 is 0 Å². The zero-order chi connectivity index (χ0) is 16.4. The Balaban J connectivity index is 1.83. The average Bonchev–Trinajstić information content (AvgIpc) is 2.96. The highest BCUT2D eigenvalue weighted by Gasteiger charge is 2.09. The third kappa shape index (κ3) is 3.40. The minimum atomic E-state index is -0.384. The normalized spacial score (nSPS) is 12.4. The van der Waals surface area contributed by atoms with Crippen molar-refractivity contribution in [2.45, 2.75) is 19.5 Å². The summed E-state index contributed by atoms with van der Waals surface area (Å²) in [7, 11) is 0. The largest absolute Gasteiger partial charge is 0.456 e. The van der Waals surface area contributed by atoms with Crippen LogP contribution in [-0.4, -0.2) is 11.9 Å². The van der Waals surface area contributed by atoms with Crippen molar-refractivity contribution in [1.29, 1.82) is 0 Å². The lowest BCUT2D eigenvalue weighted by Crippen LogP contribution is -2.38. The van der Waals surface area contributed by atoms with E-state index in [9.17, 15) is 9.18 Å². The molecule has 4 nitrogen and oxygen atoms in total. The highest BCUT2D eigenvalue weighted by atomic mass is 19.1. The fourth-order valence-electron chi connectivity index (χ4n) is 2.33. The SMILES string of the molecule is C[C@H](NCc1ccc2oc(-c3ccc(F)cc3)cc2c1)C(N)=O. The topological polar surface area (TPSA) is 68.3 Å². The number of hydrogen-bond donors (Lipinski definition) is 2. The standard InChI is InChI=1S/C18H17FN2O2/c1-11(18(20)22)21-10-12-2-7-16-14(8-12)9-17(23-16)13-3-5-15(19)6-4-13/h2-9,11,21H,10H2,1H3,(H2,20,22)/t11-/m0/s1. The summed E-state index contributed by atoms with van der Waals surface area (Å²) in [6, 6.07) is 13.5. The summed E-state index contributed by atoms with van der Waals surface area (Å²) in [5.74, 6) is 0.0328. The van der Waals surface area contributed by atoms with E-state index in [0.717, 1.165) is 22.1 Å². The summed E-state index contributed by atoms with van der Waals surface area (Å²) < 4.78 is 18.8. The van der Waals surface area contributed by atoms with Crippen molar-refractivity contribution in [3.05, 3.63) is 59.9 Å². The van der Waals surface area contributed by atoms with Crippen LogP contribution in [0, 0.1) is 5.82 Å². The van der Waals surface area contributed by atoms with Crippen molar-refractivity contribution < 1.29 is 13.6 Å². The first-order valence-corrected chi connectivity index (χ1v) is 7.34. The van der Waals surface area contributed by atoms with Crippen LogP contribution in [0.3, 0.4) is 0 Å². The smallest absolute Gasteiger partial charge is 0.234 e. The Morgan fingerprint density at radius 3 is 2.65 bits per heavy atom. The summed E-state index contributed by atoms with van der Waals surface area (Å²) in [5, 5.41) is 4.01. The van der Waals surface area contributed by atoms with Crippen molar-refractivity contribution in [2.24, 2.45) is 5.73 Å². The van der Waals surface area contributed by atoms with Crippen LogP contribution in [0.25, 0.3) is 22.3 Å². The Hall–Kier alpha value is -2.66. The molecule has 1 amide bonds. The van der Waals surface area contributed by atoms with Gasteiger partial charge in [-0.05, 0) is 55.0 Å². The minimum absolute atomic E-state index is 0.276. The molecule has 0 radical (unpaired) electrons. The van der Waals surface area contributed by atoms with Gasteiger partial charge in [-0.25, -0.2) is 4.39 Å². The van der Waals surface area contributed by atoms with Crippen molar-refractivity contribution in [3.8, 4) is 11.3 Å². The third-order valence-corrected chi connectivity index (χ3v) is 3.75. The van der Waals surface area contributed by atoms with Crippen LogP contribution in [0.15, 0.2) is 52.9 Å². The van der Waals surface area contributed by atoms with E-state index in [1.807, 2.05) is 24.3 Å². The van der Waals surface area contributed by atoms with Gasteiger partial charge < -0.3 is 15.5 Å². The van der Waals surface area contributed by atoms with Crippen molar-refractivity contribution in [3.63, 3.8) is 0 Å². The van der Waals surface area contributed by atoms with Crippen LogP contribution < -0.4 is 11.1 Å². The van der Waals surface area contributed by atoms with E-state index in [-0.39, 0.29) is 17.8 Å². The molecule has 118 valence electrons. The van der Waals surface area contributed by atoms with E-state index in [1.165, 1.54) is 12.1 Å². The van der Waals surface area contributed by atoms with Gasteiger partial charge >= 0.3 is 0 Å². The van der Waals surface area contributed by atoms with E-state index in [0.29, 0.717) is 12.3 Å². The quantitative estimate of drug-likeness (QED) is 0.760. The molecule has 0 spiro atoms. The molecule has 3 rings (SSSR count). The predicted octanol–water partition coefficient (Wildman–Crippen LogP) is 3.20. The van der Waals surface area contributed by atoms with E-state index < -0.39 is 0 Å². The highest BCUT2D eigenvalue weighted by Crippen LogP contribution is 2.28.